The number of nitrogens with one attached hydrogen (secondary N) is 2. The van der Waals surface area contributed by atoms with Crippen LogP contribution in [0.25, 0.3) is 0 Å². The van der Waals surface area contributed by atoms with Crippen LogP contribution in [0.3, 0.4) is 0 Å². The zero-order valence-electron chi connectivity index (χ0n) is 20.6. The van der Waals surface area contributed by atoms with Gasteiger partial charge in [-0.25, -0.2) is 4.39 Å². The molecule has 3 atom stereocenters. The molecule has 5 rings (SSSR count). The molecule has 2 N–H and O–H groups in total. The number of anilines is 1. The fraction of sp³-hybridized carbons (Fsp3) is 0.444. The molecule has 0 aliphatic carbocycles. The summed E-state index contributed by atoms with van der Waals surface area (Å²) >= 11 is 0. The van der Waals surface area contributed by atoms with Crippen molar-refractivity contribution in [3.05, 3.63) is 64.5 Å². The van der Waals surface area contributed by atoms with Gasteiger partial charge in [-0.3, -0.25) is 24.6 Å². The van der Waals surface area contributed by atoms with Gasteiger partial charge in [0.15, 0.2) is 0 Å². The number of rotatable bonds is 6. The number of hydrogen-bond acceptors (Lipinski definition) is 6. The molecule has 36 heavy (non-hydrogen) atoms. The molecule has 2 saturated heterocycles. The molecule has 0 bridgehead atoms. The van der Waals surface area contributed by atoms with Gasteiger partial charge in [-0.05, 0) is 44.0 Å². The van der Waals surface area contributed by atoms with Crippen molar-refractivity contribution in [3.63, 3.8) is 0 Å². The van der Waals surface area contributed by atoms with Gasteiger partial charge in [0.05, 0.1) is 12.2 Å². The molecule has 3 aliphatic heterocycles. The highest BCUT2D eigenvalue weighted by Gasteiger charge is 2.39. The Bertz CT molecular complexity index is 1190. The minimum atomic E-state index is -0.669. The van der Waals surface area contributed by atoms with Gasteiger partial charge >= 0.3 is 0 Å². The Morgan fingerprint density at radius 1 is 1.11 bits per heavy atom. The van der Waals surface area contributed by atoms with Crippen LogP contribution >= 0.6 is 0 Å². The fourth-order valence-electron chi connectivity index (χ4n) is 5.45. The predicted molar refractivity (Wildman–Crippen MR) is 131 cm³/mol. The van der Waals surface area contributed by atoms with Gasteiger partial charge in [-0.1, -0.05) is 18.2 Å². The quantitative estimate of drug-likeness (QED) is 0.601. The van der Waals surface area contributed by atoms with E-state index in [2.05, 4.69) is 29.4 Å². The normalized spacial score (nSPS) is 24.6. The molecule has 190 valence electrons. The van der Waals surface area contributed by atoms with Crippen LogP contribution in [-0.4, -0.2) is 58.9 Å². The second-order valence-corrected chi connectivity index (χ2v) is 9.96. The minimum Gasteiger partial charge on any atom is -0.381 e. The highest BCUT2D eigenvalue weighted by atomic mass is 19.1. The molecule has 8 nitrogen and oxygen atoms in total. The van der Waals surface area contributed by atoms with Crippen molar-refractivity contribution in [2.24, 2.45) is 0 Å². The smallest absolute Gasteiger partial charge is 0.255 e. The number of halogens is 1. The third kappa shape index (κ3) is 4.99. The standard InChI is InChI=1S/C27H31FN4O4/c1-16-12-31(13-17(2)36-16)14-18-6-7-19(22(28)10-18)11-29-23-5-3-4-20-21(23)15-32(27(20)35)24-8-9-25(33)30-26(24)34/h3-7,10,16-17,24,29H,8-9,11-15H2,1-2H3,(H,30,33,34)/t16?,17?,24-/m1/s1. The number of benzene rings is 2. The first-order valence-electron chi connectivity index (χ1n) is 12.4. The summed E-state index contributed by atoms with van der Waals surface area (Å²) in [4.78, 5) is 40.6. The summed E-state index contributed by atoms with van der Waals surface area (Å²) in [6.07, 6.45) is 0.841. The van der Waals surface area contributed by atoms with E-state index in [0.29, 0.717) is 24.1 Å². The van der Waals surface area contributed by atoms with Gasteiger partial charge in [0, 0.05) is 61.5 Å². The molecular formula is C27H31FN4O4. The lowest BCUT2D eigenvalue weighted by Crippen LogP contribution is -2.52. The molecule has 2 aromatic rings. The molecule has 0 saturated carbocycles. The number of amides is 3. The number of ether oxygens (including phenoxy) is 1. The van der Waals surface area contributed by atoms with Crippen LogP contribution in [-0.2, 0) is 34.0 Å². The first-order chi connectivity index (χ1) is 17.3. The van der Waals surface area contributed by atoms with Gasteiger partial charge in [-0.15, -0.1) is 0 Å². The molecule has 2 aromatic carbocycles. The molecule has 0 radical (unpaired) electrons. The average molecular weight is 495 g/mol. The lowest BCUT2D eigenvalue weighted by atomic mass is 10.0. The lowest BCUT2D eigenvalue weighted by Gasteiger charge is -2.35. The van der Waals surface area contributed by atoms with Crippen LogP contribution in [0.4, 0.5) is 10.1 Å². The van der Waals surface area contributed by atoms with E-state index in [0.717, 1.165) is 29.9 Å². The first-order valence-corrected chi connectivity index (χ1v) is 12.4. The Kier molecular flexibility index (Phi) is 6.77. The van der Waals surface area contributed by atoms with Gasteiger partial charge in [-0.2, -0.15) is 0 Å². The summed E-state index contributed by atoms with van der Waals surface area (Å²) in [5, 5.41) is 5.59. The van der Waals surface area contributed by atoms with Crippen molar-refractivity contribution in [3.8, 4) is 0 Å². The summed E-state index contributed by atoms with van der Waals surface area (Å²) in [6, 6.07) is 10.0. The summed E-state index contributed by atoms with van der Waals surface area (Å²) in [7, 11) is 0. The highest BCUT2D eigenvalue weighted by molar-refractivity contribution is 6.06. The Hall–Kier alpha value is -3.30. The summed E-state index contributed by atoms with van der Waals surface area (Å²) in [5.74, 6) is -1.26. The van der Waals surface area contributed by atoms with E-state index in [9.17, 15) is 18.8 Å². The van der Waals surface area contributed by atoms with Crippen molar-refractivity contribution in [2.45, 2.75) is 64.6 Å². The van der Waals surface area contributed by atoms with E-state index in [1.807, 2.05) is 12.1 Å². The Morgan fingerprint density at radius 3 is 2.61 bits per heavy atom. The summed E-state index contributed by atoms with van der Waals surface area (Å²) < 4.78 is 20.7. The van der Waals surface area contributed by atoms with Crippen molar-refractivity contribution >= 4 is 23.4 Å². The van der Waals surface area contributed by atoms with Crippen molar-refractivity contribution in [1.29, 1.82) is 0 Å². The van der Waals surface area contributed by atoms with Crippen LogP contribution < -0.4 is 10.6 Å². The van der Waals surface area contributed by atoms with Crippen LogP contribution in [0, 0.1) is 5.82 Å². The SMILES string of the molecule is CC1CN(Cc2ccc(CNc3cccc4c3CN([C@@H]3CCC(=O)NC3=O)C4=O)c(F)c2)CC(C)O1. The maximum Gasteiger partial charge on any atom is 0.255 e. The predicted octanol–water partition coefficient (Wildman–Crippen LogP) is 2.81. The maximum atomic E-state index is 15.0. The molecule has 2 unspecified atom stereocenters. The number of hydrogen-bond donors (Lipinski definition) is 2. The largest absolute Gasteiger partial charge is 0.381 e. The van der Waals surface area contributed by atoms with Crippen LogP contribution in [0.1, 0.15) is 53.7 Å². The van der Waals surface area contributed by atoms with Crippen molar-refractivity contribution in [2.75, 3.05) is 18.4 Å². The van der Waals surface area contributed by atoms with Crippen LogP contribution in [0.2, 0.25) is 0 Å². The Morgan fingerprint density at radius 2 is 1.89 bits per heavy atom. The molecule has 3 heterocycles. The highest BCUT2D eigenvalue weighted by Crippen LogP contribution is 2.32. The molecule has 3 amide bonds. The minimum absolute atomic E-state index is 0.160. The van der Waals surface area contributed by atoms with Gasteiger partial charge in [0.25, 0.3) is 5.91 Å². The number of imide groups is 1. The third-order valence-corrected chi connectivity index (χ3v) is 7.07. The number of carbonyl (C=O) groups is 3. The second kappa shape index (κ2) is 9.99. The molecule has 0 spiro atoms. The lowest BCUT2D eigenvalue weighted by molar-refractivity contribution is -0.136. The van der Waals surface area contributed by atoms with E-state index < -0.39 is 11.9 Å². The van der Waals surface area contributed by atoms with Gasteiger partial charge in [0.1, 0.15) is 11.9 Å². The molecule has 3 aliphatic rings. The van der Waals surface area contributed by atoms with E-state index in [1.54, 1.807) is 24.3 Å². The number of piperidine rings is 1. The number of morpholine rings is 1. The van der Waals surface area contributed by atoms with E-state index in [1.165, 1.54) is 4.90 Å². The van der Waals surface area contributed by atoms with Gasteiger partial charge in [0.2, 0.25) is 11.8 Å². The molecular weight excluding hydrogens is 463 g/mol. The summed E-state index contributed by atoms with van der Waals surface area (Å²) in [6.45, 7) is 6.95. The van der Waals surface area contributed by atoms with Gasteiger partial charge < -0.3 is 15.0 Å². The third-order valence-electron chi connectivity index (χ3n) is 7.07. The number of nitrogens with zero attached hydrogens (tertiary/aromatic N) is 2. The second-order valence-electron chi connectivity index (χ2n) is 9.96. The summed E-state index contributed by atoms with van der Waals surface area (Å²) in [5.41, 5.74) is 3.49. The topological polar surface area (TPSA) is 91.0 Å². The monoisotopic (exact) mass is 494 g/mol. The molecule has 9 heteroatoms. The number of fused-ring (bicyclic) bond motifs is 1. The maximum absolute atomic E-state index is 15.0. The van der Waals surface area contributed by atoms with Crippen LogP contribution in [0.5, 0.6) is 0 Å². The van der Waals surface area contributed by atoms with E-state index in [-0.39, 0.29) is 49.3 Å². The Balaban J connectivity index is 1.25. The zero-order valence-corrected chi connectivity index (χ0v) is 20.6. The average Bonchev–Trinajstić information content (AvgIpc) is 3.15. The number of carbonyl (C=O) groups excluding carboxylic acids is 3. The van der Waals surface area contributed by atoms with Crippen molar-refractivity contribution < 1.29 is 23.5 Å². The van der Waals surface area contributed by atoms with Crippen molar-refractivity contribution in [1.82, 2.24) is 15.1 Å². The molecule has 2 fully saturated rings. The zero-order chi connectivity index (χ0) is 25.4. The Labute approximate surface area is 209 Å². The first kappa shape index (κ1) is 24.4. The molecule has 0 aromatic heterocycles. The van der Waals surface area contributed by atoms with E-state index >= 15 is 0 Å². The van der Waals surface area contributed by atoms with E-state index in [4.69, 9.17) is 4.74 Å². The van der Waals surface area contributed by atoms with Crippen LogP contribution in [0.15, 0.2) is 36.4 Å². The fourth-order valence-corrected chi connectivity index (χ4v) is 5.45.